The van der Waals surface area contributed by atoms with Crippen molar-refractivity contribution in [1.29, 1.82) is 0 Å². The molecule has 2 rings (SSSR count). The zero-order chi connectivity index (χ0) is 19.6. The Hall–Kier alpha value is -2.95. The quantitative estimate of drug-likeness (QED) is 0.499. The minimum atomic E-state index is -0.356. The average Bonchev–Trinajstić information content (AvgIpc) is 2.73. The summed E-state index contributed by atoms with van der Waals surface area (Å²) >= 11 is 0. The SMILES string of the molecule is COC(=O)c1ccc(CCC(C=O)CCc2ccc(C(=O)OC)cc2)cc1. The number of hydrogen-bond acceptors (Lipinski definition) is 5. The number of ether oxygens (including phenoxy) is 2. The van der Waals surface area contributed by atoms with Gasteiger partial charge in [-0.15, -0.1) is 0 Å². The van der Waals surface area contributed by atoms with Gasteiger partial charge in [0.15, 0.2) is 0 Å². The van der Waals surface area contributed by atoms with E-state index in [1.165, 1.54) is 14.2 Å². The summed E-state index contributed by atoms with van der Waals surface area (Å²) in [7, 11) is 2.71. The van der Waals surface area contributed by atoms with Crippen LogP contribution < -0.4 is 0 Å². The predicted octanol–water partition coefficient (Wildman–Crippen LogP) is 3.64. The number of carbonyl (C=O) groups excluding carboxylic acids is 3. The van der Waals surface area contributed by atoms with Crippen molar-refractivity contribution in [3.63, 3.8) is 0 Å². The van der Waals surface area contributed by atoms with Crippen molar-refractivity contribution in [1.82, 2.24) is 0 Å². The van der Waals surface area contributed by atoms with Crippen molar-refractivity contribution in [3.8, 4) is 0 Å². The highest BCUT2D eigenvalue weighted by atomic mass is 16.5. The van der Waals surface area contributed by atoms with Gasteiger partial charge in [0.1, 0.15) is 6.29 Å². The van der Waals surface area contributed by atoms with Gasteiger partial charge in [-0.25, -0.2) is 9.59 Å². The molecule has 0 saturated carbocycles. The van der Waals surface area contributed by atoms with Gasteiger partial charge in [0.2, 0.25) is 0 Å². The Morgan fingerprint density at radius 1 is 0.778 bits per heavy atom. The molecule has 0 aliphatic rings. The Morgan fingerprint density at radius 3 is 1.44 bits per heavy atom. The van der Waals surface area contributed by atoms with Crippen molar-refractivity contribution in [2.75, 3.05) is 14.2 Å². The van der Waals surface area contributed by atoms with Crippen LogP contribution in [0.5, 0.6) is 0 Å². The van der Waals surface area contributed by atoms with Gasteiger partial charge in [0, 0.05) is 5.92 Å². The molecule has 0 radical (unpaired) electrons. The molecule has 0 spiro atoms. The Kier molecular flexibility index (Phi) is 7.74. The lowest BCUT2D eigenvalue weighted by atomic mass is 9.94. The van der Waals surface area contributed by atoms with Crippen LogP contribution in [0.15, 0.2) is 48.5 Å². The molecule has 0 N–H and O–H groups in total. The van der Waals surface area contributed by atoms with Crippen molar-refractivity contribution in [2.24, 2.45) is 5.92 Å². The summed E-state index contributed by atoms with van der Waals surface area (Å²) in [5.41, 5.74) is 3.20. The van der Waals surface area contributed by atoms with E-state index in [1.807, 2.05) is 24.3 Å². The largest absolute Gasteiger partial charge is 0.465 e. The molecule has 0 aromatic heterocycles. The molecule has 0 fully saturated rings. The van der Waals surface area contributed by atoms with Crippen LogP contribution in [-0.4, -0.2) is 32.4 Å². The van der Waals surface area contributed by atoms with Crippen LogP contribution in [0.4, 0.5) is 0 Å². The van der Waals surface area contributed by atoms with E-state index in [2.05, 4.69) is 9.47 Å². The number of aryl methyl sites for hydroxylation is 2. The maximum absolute atomic E-state index is 11.4. The number of benzene rings is 2. The number of hydrogen-bond donors (Lipinski definition) is 0. The predicted molar refractivity (Wildman–Crippen MR) is 102 cm³/mol. The third kappa shape index (κ3) is 6.06. The number of esters is 2. The van der Waals surface area contributed by atoms with E-state index >= 15 is 0 Å². The molecule has 0 aliphatic heterocycles. The minimum Gasteiger partial charge on any atom is -0.465 e. The first-order chi connectivity index (χ1) is 13.1. The molecule has 0 aliphatic carbocycles. The second-order valence-electron chi connectivity index (χ2n) is 6.35. The molecular formula is C22H24O5. The van der Waals surface area contributed by atoms with E-state index in [4.69, 9.17) is 0 Å². The van der Waals surface area contributed by atoms with E-state index in [9.17, 15) is 14.4 Å². The lowest BCUT2D eigenvalue weighted by molar-refractivity contribution is -0.111. The van der Waals surface area contributed by atoms with Crippen LogP contribution in [-0.2, 0) is 27.1 Å². The maximum atomic E-state index is 11.4. The fourth-order valence-electron chi connectivity index (χ4n) is 2.84. The molecule has 2 aromatic rings. The Morgan fingerprint density at radius 2 is 1.15 bits per heavy atom. The zero-order valence-corrected chi connectivity index (χ0v) is 15.6. The summed E-state index contributed by atoms with van der Waals surface area (Å²) < 4.78 is 9.36. The van der Waals surface area contributed by atoms with Gasteiger partial charge in [-0.3, -0.25) is 0 Å². The summed E-state index contributed by atoms with van der Waals surface area (Å²) in [6.45, 7) is 0. The van der Waals surface area contributed by atoms with Gasteiger partial charge in [-0.05, 0) is 61.1 Å². The molecule has 0 unspecified atom stereocenters. The molecule has 0 atom stereocenters. The molecule has 0 heterocycles. The van der Waals surface area contributed by atoms with Crippen LogP contribution in [0.2, 0.25) is 0 Å². The Bertz CT molecular complexity index is 699. The van der Waals surface area contributed by atoms with Crippen molar-refractivity contribution >= 4 is 18.2 Å². The third-order valence-corrected chi connectivity index (χ3v) is 4.55. The highest BCUT2D eigenvalue weighted by molar-refractivity contribution is 5.89. The average molecular weight is 368 g/mol. The van der Waals surface area contributed by atoms with Gasteiger partial charge in [0.25, 0.3) is 0 Å². The Labute approximate surface area is 159 Å². The van der Waals surface area contributed by atoms with E-state index in [1.54, 1.807) is 24.3 Å². The van der Waals surface area contributed by atoms with Crippen LogP contribution in [0, 0.1) is 5.92 Å². The molecule has 5 nitrogen and oxygen atoms in total. The van der Waals surface area contributed by atoms with Crippen molar-refractivity contribution in [3.05, 3.63) is 70.8 Å². The second-order valence-corrected chi connectivity index (χ2v) is 6.35. The molecular weight excluding hydrogens is 344 g/mol. The van der Waals surface area contributed by atoms with Crippen LogP contribution >= 0.6 is 0 Å². The summed E-state index contributed by atoms with van der Waals surface area (Å²) in [5.74, 6) is -0.748. The monoisotopic (exact) mass is 368 g/mol. The molecule has 2 aromatic carbocycles. The summed E-state index contributed by atoms with van der Waals surface area (Å²) in [6, 6.07) is 14.5. The van der Waals surface area contributed by atoms with Crippen LogP contribution in [0.25, 0.3) is 0 Å². The van der Waals surface area contributed by atoms with E-state index < -0.39 is 0 Å². The molecule has 142 valence electrons. The van der Waals surface area contributed by atoms with Crippen LogP contribution in [0.3, 0.4) is 0 Å². The molecule has 0 amide bonds. The van der Waals surface area contributed by atoms with Gasteiger partial charge in [0.05, 0.1) is 25.3 Å². The van der Waals surface area contributed by atoms with Gasteiger partial charge in [-0.1, -0.05) is 24.3 Å². The minimum absolute atomic E-state index is 0.0365. The van der Waals surface area contributed by atoms with Gasteiger partial charge >= 0.3 is 11.9 Å². The summed E-state index contributed by atoms with van der Waals surface area (Å²) in [6.07, 6.45) is 4.05. The first kappa shape index (κ1) is 20.4. The molecule has 27 heavy (non-hydrogen) atoms. The lowest BCUT2D eigenvalue weighted by Gasteiger charge is -2.11. The number of rotatable bonds is 9. The fourth-order valence-corrected chi connectivity index (χ4v) is 2.84. The number of carbonyl (C=O) groups is 3. The highest BCUT2D eigenvalue weighted by Gasteiger charge is 2.10. The van der Waals surface area contributed by atoms with Gasteiger partial charge in [-0.2, -0.15) is 0 Å². The third-order valence-electron chi connectivity index (χ3n) is 4.55. The number of aldehydes is 1. The van der Waals surface area contributed by atoms with E-state index in [0.29, 0.717) is 11.1 Å². The number of methoxy groups -OCH3 is 2. The summed E-state index contributed by atoms with van der Waals surface area (Å²) in [5, 5.41) is 0. The first-order valence-electron chi connectivity index (χ1n) is 8.87. The normalized spacial score (nSPS) is 10.5. The molecule has 0 bridgehead atoms. The first-order valence-corrected chi connectivity index (χ1v) is 8.87. The smallest absolute Gasteiger partial charge is 0.337 e. The second kappa shape index (κ2) is 10.3. The van der Waals surface area contributed by atoms with E-state index in [0.717, 1.165) is 43.1 Å². The standard InChI is InChI=1S/C22H24O5/c1-26-21(24)19-11-7-16(8-12-19)3-5-18(15-23)6-4-17-9-13-20(14-10-17)22(25)27-2/h7-15,18H,3-6H2,1-2H3. The lowest BCUT2D eigenvalue weighted by Crippen LogP contribution is -2.06. The summed E-state index contributed by atoms with van der Waals surface area (Å²) in [4.78, 5) is 34.3. The van der Waals surface area contributed by atoms with Gasteiger partial charge < -0.3 is 14.3 Å². The zero-order valence-electron chi connectivity index (χ0n) is 15.6. The highest BCUT2D eigenvalue weighted by Crippen LogP contribution is 2.16. The molecule has 0 saturated heterocycles. The fraction of sp³-hybridized carbons (Fsp3) is 0.318. The maximum Gasteiger partial charge on any atom is 0.337 e. The Balaban J connectivity index is 1.84. The molecule has 5 heteroatoms. The van der Waals surface area contributed by atoms with Crippen molar-refractivity contribution in [2.45, 2.75) is 25.7 Å². The van der Waals surface area contributed by atoms with Crippen LogP contribution in [0.1, 0.15) is 44.7 Å². The topological polar surface area (TPSA) is 69.7 Å². The van der Waals surface area contributed by atoms with E-state index in [-0.39, 0.29) is 17.9 Å². The van der Waals surface area contributed by atoms with Crippen molar-refractivity contribution < 1.29 is 23.9 Å².